The summed E-state index contributed by atoms with van der Waals surface area (Å²) < 4.78 is 17.1. The Balaban J connectivity index is 1.33. The SMILES string of the molecule is CCC1CN(CC(=O)N2CCC(C(C)N3CCOCC3)CC2)Cc2cc(OC)ccc2O1. The average Bonchev–Trinajstić information content (AvgIpc) is 3.02. The first kappa shape index (κ1) is 23.3. The van der Waals surface area contributed by atoms with Crippen molar-refractivity contribution in [2.45, 2.75) is 51.8 Å². The lowest BCUT2D eigenvalue weighted by molar-refractivity contribution is -0.134. The average molecular weight is 446 g/mol. The number of benzene rings is 1. The predicted octanol–water partition coefficient (Wildman–Crippen LogP) is 2.63. The summed E-state index contributed by atoms with van der Waals surface area (Å²) in [6, 6.07) is 6.52. The van der Waals surface area contributed by atoms with E-state index in [-0.39, 0.29) is 12.0 Å². The van der Waals surface area contributed by atoms with Gasteiger partial charge in [-0.3, -0.25) is 14.6 Å². The lowest BCUT2D eigenvalue weighted by Gasteiger charge is -2.41. The van der Waals surface area contributed by atoms with Gasteiger partial charge in [0.1, 0.15) is 17.6 Å². The van der Waals surface area contributed by atoms with E-state index in [1.165, 1.54) is 0 Å². The van der Waals surface area contributed by atoms with Crippen molar-refractivity contribution >= 4 is 5.91 Å². The van der Waals surface area contributed by atoms with Crippen LogP contribution in [0.2, 0.25) is 0 Å². The fourth-order valence-electron chi connectivity index (χ4n) is 5.27. The Morgan fingerprint density at radius 1 is 1.19 bits per heavy atom. The highest BCUT2D eigenvalue weighted by molar-refractivity contribution is 5.78. The van der Waals surface area contributed by atoms with E-state index >= 15 is 0 Å². The Labute approximate surface area is 192 Å². The number of hydrogen-bond donors (Lipinski definition) is 0. The lowest BCUT2D eigenvalue weighted by Crippen LogP contribution is -2.50. The van der Waals surface area contributed by atoms with Crippen LogP contribution in [0.15, 0.2) is 18.2 Å². The van der Waals surface area contributed by atoms with Crippen molar-refractivity contribution in [2.75, 3.05) is 59.6 Å². The molecule has 178 valence electrons. The standard InChI is InChI=1S/C25H39N3O4/c1-4-22-17-26(16-21-15-23(30-3)5-6-24(21)32-22)18-25(29)28-9-7-20(8-10-28)19(2)27-11-13-31-14-12-27/h5-6,15,19-20,22H,4,7-14,16-18H2,1-3H3. The number of morpholine rings is 1. The molecule has 1 amide bonds. The summed E-state index contributed by atoms with van der Waals surface area (Å²) in [6.45, 7) is 11.9. The van der Waals surface area contributed by atoms with Crippen LogP contribution in [0, 0.1) is 5.92 Å². The van der Waals surface area contributed by atoms with E-state index in [0.717, 1.165) is 82.3 Å². The van der Waals surface area contributed by atoms with Crippen LogP contribution in [0.1, 0.15) is 38.7 Å². The largest absolute Gasteiger partial charge is 0.497 e. The second-order valence-electron chi connectivity index (χ2n) is 9.40. The van der Waals surface area contributed by atoms with Crippen molar-refractivity contribution < 1.29 is 19.0 Å². The van der Waals surface area contributed by atoms with Gasteiger partial charge in [-0.2, -0.15) is 0 Å². The first-order valence-corrected chi connectivity index (χ1v) is 12.2. The zero-order chi connectivity index (χ0) is 22.5. The molecule has 32 heavy (non-hydrogen) atoms. The van der Waals surface area contributed by atoms with Crippen molar-refractivity contribution in [1.29, 1.82) is 0 Å². The summed E-state index contributed by atoms with van der Waals surface area (Å²) in [5.74, 6) is 2.63. The zero-order valence-corrected chi connectivity index (χ0v) is 19.9. The molecule has 2 saturated heterocycles. The molecular weight excluding hydrogens is 406 g/mol. The van der Waals surface area contributed by atoms with Gasteiger partial charge in [0.05, 0.1) is 26.9 Å². The van der Waals surface area contributed by atoms with Crippen molar-refractivity contribution in [1.82, 2.24) is 14.7 Å². The quantitative estimate of drug-likeness (QED) is 0.671. The van der Waals surface area contributed by atoms with Crippen LogP contribution in [0.25, 0.3) is 0 Å². The second-order valence-corrected chi connectivity index (χ2v) is 9.40. The van der Waals surface area contributed by atoms with E-state index in [0.29, 0.717) is 25.0 Å². The third kappa shape index (κ3) is 5.56. The molecular formula is C25H39N3O4. The van der Waals surface area contributed by atoms with Gasteiger partial charge in [0.25, 0.3) is 0 Å². The van der Waals surface area contributed by atoms with Crippen LogP contribution >= 0.6 is 0 Å². The van der Waals surface area contributed by atoms with Gasteiger partial charge in [-0.1, -0.05) is 6.92 Å². The Hall–Kier alpha value is -1.83. The molecule has 4 rings (SSSR count). The summed E-state index contributed by atoms with van der Waals surface area (Å²) in [5.41, 5.74) is 1.09. The fourth-order valence-corrected chi connectivity index (χ4v) is 5.27. The van der Waals surface area contributed by atoms with Gasteiger partial charge in [-0.05, 0) is 50.3 Å². The maximum atomic E-state index is 13.2. The first-order chi connectivity index (χ1) is 15.6. The van der Waals surface area contributed by atoms with Crippen LogP contribution in [-0.4, -0.2) is 92.3 Å². The van der Waals surface area contributed by atoms with Crippen LogP contribution in [-0.2, 0) is 16.1 Å². The minimum Gasteiger partial charge on any atom is -0.497 e. The van der Waals surface area contributed by atoms with Crippen LogP contribution in [0.4, 0.5) is 0 Å². The summed E-state index contributed by atoms with van der Waals surface area (Å²) in [7, 11) is 1.68. The highest BCUT2D eigenvalue weighted by atomic mass is 16.5. The molecule has 2 fully saturated rings. The summed E-state index contributed by atoms with van der Waals surface area (Å²) in [4.78, 5) is 20.0. The minimum absolute atomic E-state index is 0.0950. The van der Waals surface area contributed by atoms with Crippen LogP contribution in [0.5, 0.6) is 11.5 Å². The number of amides is 1. The normalized spacial score (nSPS) is 24.3. The smallest absolute Gasteiger partial charge is 0.236 e. The maximum Gasteiger partial charge on any atom is 0.236 e. The number of rotatable bonds is 6. The summed E-state index contributed by atoms with van der Waals surface area (Å²) in [5, 5.41) is 0. The van der Waals surface area contributed by atoms with E-state index < -0.39 is 0 Å². The molecule has 1 aromatic rings. The first-order valence-electron chi connectivity index (χ1n) is 12.2. The van der Waals surface area contributed by atoms with Crippen molar-refractivity contribution in [2.24, 2.45) is 5.92 Å². The Morgan fingerprint density at radius 2 is 1.94 bits per heavy atom. The summed E-state index contributed by atoms with van der Waals surface area (Å²) >= 11 is 0. The molecule has 1 aromatic carbocycles. The molecule has 7 heteroatoms. The highest BCUT2D eigenvalue weighted by Gasteiger charge is 2.31. The lowest BCUT2D eigenvalue weighted by atomic mass is 9.89. The molecule has 3 aliphatic rings. The van der Waals surface area contributed by atoms with Crippen molar-refractivity contribution in [3.63, 3.8) is 0 Å². The monoisotopic (exact) mass is 445 g/mol. The number of likely N-dealkylation sites (tertiary alicyclic amines) is 1. The molecule has 3 aliphatic heterocycles. The van der Waals surface area contributed by atoms with Crippen LogP contribution in [0.3, 0.4) is 0 Å². The zero-order valence-electron chi connectivity index (χ0n) is 19.9. The van der Waals surface area contributed by atoms with Gasteiger partial charge >= 0.3 is 0 Å². The molecule has 0 bridgehead atoms. The fraction of sp³-hybridized carbons (Fsp3) is 0.720. The predicted molar refractivity (Wildman–Crippen MR) is 124 cm³/mol. The van der Waals surface area contributed by atoms with Crippen molar-refractivity contribution in [3.05, 3.63) is 23.8 Å². The van der Waals surface area contributed by atoms with Crippen molar-refractivity contribution in [3.8, 4) is 11.5 Å². The molecule has 7 nitrogen and oxygen atoms in total. The molecule has 3 heterocycles. The number of hydrogen-bond acceptors (Lipinski definition) is 6. The number of methoxy groups -OCH3 is 1. The summed E-state index contributed by atoms with van der Waals surface area (Å²) in [6.07, 6.45) is 3.19. The van der Waals surface area contributed by atoms with Crippen LogP contribution < -0.4 is 9.47 Å². The Kier molecular flexibility index (Phi) is 7.92. The number of piperidine rings is 1. The number of carbonyl (C=O) groups is 1. The number of ether oxygens (including phenoxy) is 3. The molecule has 0 saturated carbocycles. The number of carbonyl (C=O) groups excluding carboxylic acids is 1. The minimum atomic E-state index is 0.0950. The molecule has 2 atom stereocenters. The van der Waals surface area contributed by atoms with E-state index in [9.17, 15) is 4.79 Å². The van der Waals surface area contributed by atoms with Gasteiger partial charge < -0.3 is 19.1 Å². The molecule has 0 aliphatic carbocycles. The molecule has 2 unspecified atom stereocenters. The Bertz CT molecular complexity index is 760. The highest BCUT2D eigenvalue weighted by Crippen LogP contribution is 2.30. The Morgan fingerprint density at radius 3 is 2.62 bits per heavy atom. The van der Waals surface area contributed by atoms with Gasteiger partial charge in [-0.25, -0.2) is 0 Å². The van der Waals surface area contributed by atoms with E-state index in [2.05, 4.69) is 28.5 Å². The topological polar surface area (TPSA) is 54.5 Å². The van der Waals surface area contributed by atoms with Gasteiger partial charge in [0, 0.05) is 50.9 Å². The number of fused-ring (bicyclic) bond motifs is 1. The van der Waals surface area contributed by atoms with Gasteiger partial charge in [0.2, 0.25) is 5.91 Å². The van der Waals surface area contributed by atoms with Gasteiger partial charge in [-0.15, -0.1) is 0 Å². The van der Waals surface area contributed by atoms with E-state index in [1.807, 2.05) is 18.2 Å². The van der Waals surface area contributed by atoms with Gasteiger partial charge in [0.15, 0.2) is 0 Å². The third-order valence-electron chi connectivity index (χ3n) is 7.43. The third-order valence-corrected chi connectivity index (χ3v) is 7.43. The molecule has 0 spiro atoms. The number of nitrogens with zero attached hydrogens (tertiary/aromatic N) is 3. The van der Waals surface area contributed by atoms with E-state index in [4.69, 9.17) is 14.2 Å². The van der Waals surface area contributed by atoms with E-state index in [1.54, 1.807) is 7.11 Å². The second kappa shape index (κ2) is 10.9. The molecule has 0 aromatic heterocycles. The maximum absolute atomic E-state index is 13.2. The molecule has 0 N–H and O–H groups in total. The molecule has 0 radical (unpaired) electrons.